The van der Waals surface area contributed by atoms with E-state index in [1.54, 1.807) is 42.3 Å². The molecule has 33 heavy (non-hydrogen) atoms. The molecule has 1 saturated heterocycles. The van der Waals surface area contributed by atoms with Crippen LogP contribution in [0.3, 0.4) is 0 Å². The number of carbonyl (C=O) groups excluding carboxylic acids is 3. The second-order valence-corrected chi connectivity index (χ2v) is 7.99. The Morgan fingerprint density at radius 1 is 0.909 bits per heavy atom. The van der Waals surface area contributed by atoms with Gasteiger partial charge in [-0.15, -0.1) is 0 Å². The first-order valence-corrected chi connectivity index (χ1v) is 10.9. The summed E-state index contributed by atoms with van der Waals surface area (Å²) in [5.41, 5.74) is 1.56. The molecule has 7 heteroatoms. The third-order valence-electron chi connectivity index (χ3n) is 6.04. The first kappa shape index (κ1) is 22.3. The molecular formula is C26H26N2O5. The Labute approximate surface area is 192 Å². The average molecular weight is 447 g/mol. The average Bonchev–Trinajstić information content (AvgIpc) is 2.87. The summed E-state index contributed by atoms with van der Waals surface area (Å²) in [5.74, 6) is -0.0845. The van der Waals surface area contributed by atoms with E-state index in [9.17, 15) is 14.4 Å². The number of carbonyl (C=O) groups is 3. The number of rotatable bonds is 5. The van der Waals surface area contributed by atoms with Gasteiger partial charge >= 0.3 is 5.97 Å². The fourth-order valence-corrected chi connectivity index (χ4v) is 4.24. The maximum atomic E-state index is 13.3. The molecule has 0 saturated carbocycles. The van der Waals surface area contributed by atoms with Crippen LogP contribution < -0.4 is 10.1 Å². The van der Waals surface area contributed by atoms with E-state index in [0.717, 1.165) is 16.5 Å². The van der Waals surface area contributed by atoms with E-state index < -0.39 is 5.97 Å². The van der Waals surface area contributed by atoms with E-state index in [1.807, 2.05) is 30.3 Å². The van der Waals surface area contributed by atoms with Gasteiger partial charge < -0.3 is 19.7 Å². The molecular weight excluding hydrogens is 420 g/mol. The number of methoxy groups -OCH3 is 2. The van der Waals surface area contributed by atoms with Crippen LogP contribution in [0.25, 0.3) is 10.8 Å². The number of hydrogen-bond acceptors (Lipinski definition) is 5. The predicted octanol–water partition coefficient (Wildman–Crippen LogP) is 4.13. The maximum Gasteiger partial charge on any atom is 0.337 e. The van der Waals surface area contributed by atoms with Crippen LogP contribution in [0.1, 0.15) is 33.6 Å². The fourth-order valence-electron chi connectivity index (χ4n) is 4.24. The lowest BCUT2D eigenvalue weighted by Gasteiger charge is -2.31. The van der Waals surface area contributed by atoms with Gasteiger partial charge in [-0.05, 0) is 48.6 Å². The van der Waals surface area contributed by atoms with Crippen molar-refractivity contribution in [3.63, 3.8) is 0 Å². The van der Waals surface area contributed by atoms with Gasteiger partial charge in [0, 0.05) is 35.6 Å². The van der Waals surface area contributed by atoms with Crippen molar-refractivity contribution in [1.82, 2.24) is 4.90 Å². The van der Waals surface area contributed by atoms with Crippen molar-refractivity contribution in [2.45, 2.75) is 12.8 Å². The largest absolute Gasteiger partial charge is 0.496 e. The van der Waals surface area contributed by atoms with Crippen LogP contribution in [0.5, 0.6) is 5.75 Å². The Bertz CT molecular complexity index is 1200. The van der Waals surface area contributed by atoms with Crippen molar-refractivity contribution in [3.8, 4) is 5.75 Å². The zero-order chi connectivity index (χ0) is 23.4. The molecule has 3 aromatic carbocycles. The maximum absolute atomic E-state index is 13.3. The zero-order valence-electron chi connectivity index (χ0n) is 18.7. The molecule has 1 N–H and O–H groups in total. The summed E-state index contributed by atoms with van der Waals surface area (Å²) in [6.07, 6.45) is 1.14. The number of nitrogens with one attached hydrogen (secondary N) is 1. The van der Waals surface area contributed by atoms with Gasteiger partial charge in [0.2, 0.25) is 5.91 Å². The van der Waals surface area contributed by atoms with Crippen LogP contribution >= 0.6 is 0 Å². The van der Waals surface area contributed by atoms with Crippen molar-refractivity contribution >= 4 is 34.2 Å². The summed E-state index contributed by atoms with van der Waals surface area (Å²) in [7, 11) is 2.93. The standard InChI is InChI=1S/C26H26N2O5/c1-32-23-11-10-22(20-8-3-4-9-21(20)23)25(30)28-14-12-17(13-15-28)24(29)27-19-7-5-6-18(16-19)26(31)33-2/h3-11,16-17H,12-15H2,1-2H3,(H,27,29). The Morgan fingerprint density at radius 3 is 2.33 bits per heavy atom. The lowest BCUT2D eigenvalue weighted by molar-refractivity contribution is -0.121. The van der Waals surface area contributed by atoms with Gasteiger partial charge in [0.15, 0.2) is 0 Å². The lowest BCUT2D eigenvalue weighted by Crippen LogP contribution is -2.41. The smallest absolute Gasteiger partial charge is 0.337 e. The number of amides is 2. The Kier molecular flexibility index (Phi) is 6.58. The fraction of sp³-hybridized carbons (Fsp3) is 0.269. The Morgan fingerprint density at radius 2 is 1.64 bits per heavy atom. The topological polar surface area (TPSA) is 84.9 Å². The van der Waals surface area contributed by atoms with Crippen LogP contribution in [0, 0.1) is 5.92 Å². The van der Waals surface area contributed by atoms with Crippen molar-refractivity contribution in [2.24, 2.45) is 5.92 Å². The van der Waals surface area contributed by atoms with Crippen LogP contribution in [0.2, 0.25) is 0 Å². The zero-order valence-corrected chi connectivity index (χ0v) is 18.7. The van der Waals surface area contributed by atoms with Gasteiger partial charge in [-0.2, -0.15) is 0 Å². The van der Waals surface area contributed by atoms with Gasteiger partial charge in [0.05, 0.1) is 19.8 Å². The van der Waals surface area contributed by atoms with Crippen LogP contribution in [0.4, 0.5) is 5.69 Å². The molecule has 1 aliphatic heterocycles. The van der Waals surface area contributed by atoms with E-state index >= 15 is 0 Å². The second-order valence-electron chi connectivity index (χ2n) is 7.99. The molecule has 4 rings (SSSR count). The lowest BCUT2D eigenvalue weighted by atomic mass is 9.94. The summed E-state index contributed by atoms with van der Waals surface area (Å²) in [6.45, 7) is 0.999. The highest BCUT2D eigenvalue weighted by molar-refractivity contribution is 6.08. The SMILES string of the molecule is COC(=O)c1cccc(NC(=O)C2CCN(C(=O)c3ccc(OC)c4ccccc34)CC2)c1. The van der Waals surface area contributed by atoms with E-state index in [1.165, 1.54) is 7.11 Å². The number of piperidine rings is 1. The Hall–Kier alpha value is -3.87. The molecule has 1 aliphatic rings. The number of likely N-dealkylation sites (tertiary alicyclic amines) is 1. The summed E-state index contributed by atoms with van der Waals surface area (Å²) >= 11 is 0. The monoisotopic (exact) mass is 446 g/mol. The van der Waals surface area contributed by atoms with E-state index in [4.69, 9.17) is 9.47 Å². The van der Waals surface area contributed by atoms with Crippen molar-refractivity contribution < 1.29 is 23.9 Å². The molecule has 0 atom stereocenters. The number of fused-ring (bicyclic) bond motifs is 1. The molecule has 7 nitrogen and oxygen atoms in total. The normalized spacial score (nSPS) is 14.1. The molecule has 2 amide bonds. The number of hydrogen-bond donors (Lipinski definition) is 1. The molecule has 0 aromatic heterocycles. The summed E-state index contributed by atoms with van der Waals surface area (Å²) in [6, 6.07) is 18.0. The molecule has 1 heterocycles. The van der Waals surface area contributed by atoms with Gasteiger partial charge in [-0.3, -0.25) is 9.59 Å². The number of anilines is 1. The summed E-state index contributed by atoms with van der Waals surface area (Å²) in [5, 5.41) is 4.63. The Balaban J connectivity index is 1.41. The predicted molar refractivity (Wildman–Crippen MR) is 126 cm³/mol. The van der Waals surface area contributed by atoms with Crippen molar-refractivity contribution in [1.29, 1.82) is 0 Å². The minimum absolute atomic E-state index is 0.0431. The van der Waals surface area contributed by atoms with Crippen molar-refractivity contribution in [2.75, 3.05) is 32.6 Å². The number of nitrogens with zero attached hydrogens (tertiary/aromatic N) is 1. The number of ether oxygens (including phenoxy) is 2. The van der Waals surface area contributed by atoms with Gasteiger partial charge in [-0.1, -0.05) is 30.3 Å². The minimum atomic E-state index is -0.455. The number of benzene rings is 3. The highest BCUT2D eigenvalue weighted by Gasteiger charge is 2.29. The molecule has 0 radical (unpaired) electrons. The third kappa shape index (κ3) is 4.67. The molecule has 0 bridgehead atoms. The highest BCUT2D eigenvalue weighted by Crippen LogP contribution is 2.30. The molecule has 0 unspecified atom stereocenters. The van der Waals surface area contributed by atoms with E-state index in [0.29, 0.717) is 42.7 Å². The first-order valence-electron chi connectivity index (χ1n) is 10.9. The molecule has 0 aliphatic carbocycles. The quantitative estimate of drug-likeness (QED) is 0.596. The third-order valence-corrected chi connectivity index (χ3v) is 6.04. The number of esters is 1. The van der Waals surface area contributed by atoms with Crippen LogP contribution in [-0.2, 0) is 9.53 Å². The molecule has 170 valence electrons. The van der Waals surface area contributed by atoms with Gasteiger partial charge in [0.25, 0.3) is 5.91 Å². The van der Waals surface area contributed by atoms with Crippen molar-refractivity contribution in [3.05, 3.63) is 71.8 Å². The van der Waals surface area contributed by atoms with E-state index in [-0.39, 0.29) is 17.7 Å². The molecule has 1 fully saturated rings. The van der Waals surface area contributed by atoms with Crippen LogP contribution in [0.15, 0.2) is 60.7 Å². The highest BCUT2D eigenvalue weighted by atomic mass is 16.5. The van der Waals surface area contributed by atoms with Gasteiger partial charge in [-0.25, -0.2) is 4.79 Å². The molecule has 3 aromatic rings. The second kappa shape index (κ2) is 9.73. The van der Waals surface area contributed by atoms with Crippen LogP contribution in [-0.4, -0.2) is 50.0 Å². The molecule has 0 spiro atoms. The van der Waals surface area contributed by atoms with E-state index in [2.05, 4.69) is 5.32 Å². The first-order chi connectivity index (χ1) is 16.0. The summed E-state index contributed by atoms with van der Waals surface area (Å²) in [4.78, 5) is 39.5. The minimum Gasteiger partial charge on any atom is -0.496 e. The summed E-state index contributed by atoms with van der Waals surface area (Å²) < 4.78 is 10.2. The van der Waals surface area contributed by atoms with Gasteiger partial charge in [0.1, 0.15) is 5.75 Å².